The fourth-order valence-corrected chi connectivity index (χ4v) is 3.31. The highest BCUT2D eigenvalue weighted by molar-refractivity contribution is 6.13. The number of aromatic nitrogens is 2. The first-order chi connectivity index (χ1) is 12.9. The molecule has 1 saturated heterocycles. The zero-order valence-corrected chi connectivity index (χ0v) is 15.8. The summed E-state index contributed by atoms with van der Waals surface area (Å²) in [6.07, 6.45) is 3.64. The van der Waals surface area contributed by atoms with Crippen molar-refractivity contribution in [3.8, 4) is 5.75 Å². The van der Waals surface area contributed by atoms with Gasteiger partial charge in [-0.1, -0.05) is 0 Å². The molecule has 1 aromatic heterocycles. The van der Waals surface area contributed by atoms with Crippen molar-refractivity contribution in [2.75, 3.05) is 30.3 Å². The molecule has 27 heavy (non-hydrogen) atoms. The fraction of sp³-hybridized carbons (Fsp3) is 0.450. The molecule has 1 saturated carbocycles. The highest BCUT2D eigenvalue weighted by atomic mass is 16.5. The topological polar surface area (TPSA) is 100 Å². The van der Waals surface area contributed by atoms with Gasteiger partial charge in [0.2, 0.25) is 0 Å². The largest absolute Gasteiger partial charge is 0.488 e. The maximum absolute atomic E-state index is 8.65. The zero-order chi connectivity index (χ0) is 19.0. The quantitative estimate of drug-likeness (QED) is 0.554. The van der Waals surface area contributed by atoms with E-state index in [9.17, 15) is 0 Å². The molecule has 2 aromatic rings. The third-order valence-corrected chi connectivity index (χ3v) is 5.21. The molecule has 0 bridgehead atoms. The number of nitrogens with one attached hydrogen (secondary N) is 2. The second kappa shape index (κ2) is 6.81. The van der Waals surface area contributed by atoms with Crippen LogP contribution in [0.5, 0.6) is 5.75 Å². The number of rotatable bonds is 5. The highest BCUT2D eigenvalue weighted by Gasteiger charge is 2.40. The van der Waals surface area contributed by atoms with Gasteiger partial charge in [-0.15, -0.1) is 0 Å². The number of hydrogen-bond acceptors (Lipinski definition) is 7. The molecule has 2 aliphatic rings. The van der Waals surface area contributed by atoms with Gasteiger partial charge < -0.3 is 20.7 Å². The first-order valence-corrected chi connectivity index (χ1v) is 9.42. The van der Waals surface area contributed by atoms with Crippen molar-refractivity contribution in [2.45, 2.75) is 38.3 Å². The van der Waals surface area contributed by atoms with Crippen molar-refractivity contribution in [2.24, 2.45) is 0 Å². The van der Waals surface area contributed by atoms with Gasteiger partial charge in [0.15, 0.2) is 0 Å². The van der Waals surface area contributed by atoms with Crippen LogP contribution < -0.4 is 20.7 Å². The Labute approximate surface area is 159 Å². The molecule has 142 valence electrons. The Bertz CT molecular complexity index is 863. The van der Waals surface area contributed by atoms with Crippen LogP contribution in [0.25, 0.3) is 0 Å². The van der Waals surface area contributed by atoms with Gasteiger partial charge >= 0.3 is 0 Å². The molecule has 0 radical (unpaired) electrons. The molecule has 7 heteroatoms. The third-order valence-electron chi connectivity index (χ3n) is 5.21. The predicted octanol–water partition coefficient (Wildman–Crippen LogP) is 2.20. The smallest absolute Gasteiger partial charge is 0.132 e. The van der Waals surface area contributed by atoms with Gasteiger partial charge in [0.1, 0.15) is 23.5 Å². The summed E-state index contributed by atoms with van der Waals surface area (Å²) in [6, 6.07) is 7.78. The number of anilines is 2. The van der Waals surface area contributed by atoms with Gasteiger partial charge in [-0.25, -0.2) is 9.97 Å². The summed E-state index contributed by atoms with van der Waals surface area (Å²) in [5.41, 5.74) is 8.10. The van der Waals surface area contributed by atoms with Crippen molar-refractivity contribution in [3.63, 3.8) is 0 Å². The average molecular weight is 366 g/mol. The second-order valence-corrected chi connectivity index (χ2v) is 7.74. The van der Waals surface area contributed by atoms with Crippen LogP contribution in [0.1, 0.15) is 37.9 Å². The lowest BCUT2D eigenvalue weighted by Crippen LogP contribution is -2.49. The molecular weight excluding hydrogens is 340 g/mol. The van der Waals surface area contributed by atoms with Crippen LogP contribution in [0.2, 0.25) is 0 Å². The number of benzene rings is 1. The van der Waals surface area contributed by atoms with Crippen LogP contribution in [0.15, 0.2) is 30.6 Å². The Balaban J connectivity index is 1.59. The number of ether oxygens (including phenoxy) is 1. The summed E-state index contributed by atoms with van der Waals surface area (Å²) >= 11 is 0. The molecule has 1 aliphatic carbocycles. The predicted molar refractivity (Wildman–Crippen MR) is 107 cm³/mol. The SMILES string of the molecule is C[C@H]1CN(c2cc(C(=N)c3cc(OC4(C)CC4)ccc3N)ncn2)CCN1. The molecule has 2 fully saturated rings. The standard InChI is InChI=1S/C20H26N6O/c1-13-11-26(8-7-23-13)18-10-17(24-12-25-18)19(22)15-9-14(3-4-16(15)21)27-20(2)5-6-20/h3-4,9-10,12-13,22-23H,5-8,11,21H2,1-2H3/t13-/m0/s1. The summed E-state index contributed by atoms with van der Waals surface area (Å²) in [5, 5.41) is 12.1. The number of nitrogens with zero attached hydrogens (tertiary/aromatic N) is 3. The van der Waals surface area contributed by atoms with Crippen LogP contribution in [0.3, 0.4) is 0 Å². The number of nitrogens with two attached hydrogens (primary N) is 1. The van der Waals surface area contributed by atoms with E-state index in [1.807, 2.05) is 18.2 Å². The van der Waals surface area contributed by atoms with E-state index in [1.165, 1.54) is 6.33 Å². The Kier molecular flexibility index (Phi) is 4.47. The Hall–Kier alpha value is -2.67. The maximum Gasteiger partial charge on any atom is 0.132 e. The Morgan fingerprint density at radius 1 is 1.33 bits per heavy atom. The van der Waals surface area contributed by atoms with Gasteiger partial charge in [0.25, 0.3) is 0 Å². The van der Waals surface area contributed by atoms with Crippen molar-refractivity contribution < 1.29 is 4.74 Å². The van der Waals surface area contributed by atoms with Crippen molar-refractivity contribution in [1.82, 2.24) is 15.3 Å². The van der Waals surface area contributed by atoms with E-state index >= 15 is 0 Å². The monoisotopic (exact) mass is 366 g/mol. The van der Waals surface area contributed by atoms with Gasteiger partial charge in [-0.2, -0.15) is 0 Å². The summed E-state index contributed by atoms with van der Waals surface area (Å²) in [5.74, 6) is 1.59. The molecule has 1 aromatic carbocycles. The summed E-state index contributed by atoms with van der Waals surface area (Å²) in [4.78, 5) is 10.9. The van der Waals surface area contributed by atoms with Crippen LogP contribution in [0, 0.1) is 5.41 Å². The fourth-order valence-electron chi connectivity index (χ4n) is 3.31. The summed E-state index contributed by atoms with van der Waals surface area (Å²) < 4.78 is 6.03. The summed E-state index contributed by atoms with van der Waals surface area (Å²) in [6.45, 7) is 6.94. The molecule has 4 N–H and O–H groups in total. The molecule has 0 amide bonds. The normalized spacial score (nSPS) is 21.0. The number of nitrogen functional groups attached to an aromatic ring is 1. The number of piperazine rings is 1. The first-order valence-electron chi connectivity index (χ1n) is 9.42. The van der Waals surface area contributed by atoms with E-state index in [0.29, 0.717) is 23.0 Å². The molecule has 1 atom stereocenters. The van der Waals surface area contributed by atoms with Crippen LogP contribution >= 0.6 is 0 Å². The van der Waals surface area contributed by atoms with Gasteiger partial charge in [0.05, 0.1) is 11.4 Å². The van der Waals surface area contributed by atoms with E-state index in [-0.39, 0.29) is 11.3 Å². The van der Waals surface area contributed by atoms with Crippen LogP contribution in [0.4, 0.5) is 11.5 Å². The van der Waals surface area contributed by atoms with E-state index in [2.05, 4.69) is 34.0 Å². The molecule has 1 aliphatic heterocycles. The molecule has 0 spiro atoms. The minimum Gasteiger partial charge on any atom is -0.488 e. The van der Waals surface area contributed by atoms with Gasteiger partial charge in [0, 0.05) is 43.0 Å². The lowest BCUT2D eigenvalue weighted by molar-refractivity contribution is 0.200. The Morgan fingerprint density at radius 2 is 2.15 bits per heavy atom. The van der Waals surface area contributed by atoms with Gasteiger partial charge in [-0.3, -0.25) is 5.41 Å². The first kappa shape index (κ1) is 17.7. The minimum atomic E-state index is -0.0728. The lowest BCUT2D eigenvalue weighted by atomic mass is 10.0. The van der Waals surface area contributed by atoms with Crippen molar-refractivity contribution >= 4 is 17.2 Å². The molecule has 4 rings (SSSR count). The summed E-state index contributed by atoms with van der Waals surface area (Å²) in [7, 11) is 0. The van der Waals surface area contributed by atoms with Crippen molar-refractivity contribution in [1.29, 1.82) is 5.41 Å². The third kappa shape index (κ3) is 3.88. The van der Waals surface area contributed by atoms with Gasteiger partial charge in [-0.05, 0) is 44.9 Å². The Morgan fingerprint density at radius 3 is 2.89 bits per heavy atom. The lowest BCUT2D eigenvalue weighted by Gasteiger charge is -2.32. The molecule has 2 heterocycles. The van der Waals surface area contributed by atoms with E-state index in [1.54, 1.807) is 6.07 Å². The molecule has 7 nitrogen and oxygen atoms in total. The minimum absolute atomic E-state index is 0.0728. The van der Waals surface area contributed by atoms with E-state index < -0.39 is 0 Å². The van der Waals surface area contributed by atoms with Crippen LogP contribution in [-0.4, -0.2) is 47.0 Å². The van der Waals surface area contributed by atoms with Crippen molar-refractivity contribution in [3.05, 3.63) is 41.9 Å². The van der Waals surface area contributed by atoms with Crippen LogP contribution in [-0.2, 0) is 0 Å². The highest BCUT2D eigenvalue weighted by Crippen LogP contribution is 2.40. The average Bonchev–Trinajstić information content (AvgIpc) is 3.39. The van der Waals surface area contributed by atoms with E-state index in [4.69, 9.17) is 15.9 Å². The number of hydrogen-bond donors (Lipinski definition) is 3. The second-order valence-electron chi connectivity index (χ2n) is 7.74. The maximum atomic E-state index is 8.65. The zero-order valence-electron chi connectivity index (χ0n) is 15.8. The molecule has 0 unspecified atom stereocenters. The van der Waals surface area contributed by atoms with E-state index in [0.717, 1.165) is 44.0 Å². The molecular formula is C20H26N6O.